The summed E-state index contributed by atoms with van der Waals surface area (Å²) in [6.45, 7) is 0. The minimum absolute atomic E-state index is 0.0623. The summed E-state index contributed by atoms with van der Waals surface area (Å²) in [6.07, 6.45) is 0. The zero-order chi connectivity index (χ0) is 13.8. The SMILES string of the molecule is N#Cc1ccsc1NC(=O)c1ccccc1C(=O)O. The highest BCUT2D eigenvalue weighted by Crippen LogP contribution is 2.23. The maximum Gasteiger partial charge on any atom is 0.336 e. The van der Waals surface area contributed by atoms with E-state index in [2.05, 4.69) is 5.32 Å². The first kappa shape index (κ1) is 12.8. The highest BCUT2D eigenvalue weighted by molar-refractivity contribution is 7.14. The Labute approximate surface area is 112 Å². The van der Waals surface area contributed by atoms with Crippen molar-refractivity contribution in [2.24, 2.45) is 0 Å². The molecule has 2 rings (SSSR count). The summed E-state index contributed by atoms with van der Waals surface area (Å²) >= 11 is 1.21. The molecular weight excluding hydrogens is 264 g/mol. The van der Waals surface area contributed by atoms with Gasteiger partial charge < -0.3 is 10.4 Å². The molecule has 6 heteroatoms. The van der Waals surface area contributed by atoms with Crippen LogP contribution < -0.4 is 5.32 Å². The van der Waals surface area contributed by atoms with Crippen LogP contribution in [0.25, 0.3) is 0 Å². The second-order valence-corrected chi connectivity index (χ2v) is 4.50. The lowest BCUT2D eigenvalue weighted by molar-refractivity contribution is 0.0692. The van der Waals surface area contributed by atoms with Gasteiger partial charge in [-0.25, -0.2) is 4.79 Å². The monoisotopic (exact) mass is 272 g/mol. The standard InChI is InChI=1S/C13H8N2O3S/c14-7-8-5-6-19-12(8)15-11(16)9-3-1-2-4-10(9)13(17)18/h1-6H,(H,15,16)(H,17,18). The van der Waals surface area contributed by atoms with Gasteiger partial charge in [0.1, 0.15) is 11.1 Å². The van der Waals surface area contributed by atoms with Crippen molar-refractivity contribution in [2.75, 3.05) is 5.32 Å². The Morgan fingerprint density at radius 3 is 2.53 bits per heavy atom. The predicted octanol–water partition coefficient (Wildman–Crippen LogP) is 2.57. The van der Waals surface area contributed by atoms with Crippen molar-refractivity contribution in [3.05, 3.63) is 52.4 Å². The molecule has 1 heterocycles. The van der Waals surface area contributed by atoms with E-state index in [0.717, 1.165) is 0 Å². The van der Waals surface area contributed by atoms with Crippen LogP contribution in [0.1, 0.15) is 26.3 Å². The number of rotatable bonds is 3. The Balaban J connectivity index is 2.31. The highest BCUT2D eigenvalue weighted by atomic mass is 32.1. The van der Waals surface area contributed by atoms with Crippen LogP contribution in [-0.2, 0) is 0 Å². The largest absolute Gasteiger partial charge is 0.478 e. The second-order valence-electron chi connectivity index (χ2n) is 3.58. The molecule has 0 aliphatic carbocycles. The molecule has 1 aromatic heterocycles. The van der Waals surface area contributed by atoms with Crippen molar-refractivity contribution < 1.29 is 14.7 Å². The van der Waals surface area contributed by atoms with Crippen LogP contribution in [0, 0.1) is 11.3 Å². The molecule has 0 bridgehead atoms. The van der Waals surface area contributed by atoms with E-state index in [-0.39, 0.29) is 11.1 Å². The minimum atomic E-state index is -1.17. The minimum Gasteiger partial charge on any atom is -0.478 e. The zero-order valence-corrected chi connectivity index (χ0v) is 10.4. The van der Waals surface area contributed by atoms with Crippen molar-refractivity contribution in [3.8, 4) is 6.07 Å². The Hall–Kier alpha value is -2.65. The molecule has 2 N–H and O–H groups in total. The summed E-state index contributed by atoms with van der Waals surface area (Å²) < 4.78 is 0. The lowest BCUT2D eigenvalue weighted by atomic mass is 10.1. The Morgan fingerprint density at radius 2 is 1.89 bits per heavy atom. The third-order valence-electron chi connectivity index (χ3n) is 2.41. The summed E-state index contributed by atoms with van der Waals surface area (Å²) in [5, 5.41) is 22.5. The number of thiophene rings is 1. The number of hydrogen-bond donors (Lipinski definition) is 2. The average molecular weight is 272 g/mol. The number of benzene rings is 1. The molecule has 0 aliphatic rings. The summed E-state index contributed by atoms with van der Waals surface area (Å²) in [4.78, 5) is 23.1. The first-order valence-electron chi connectivity index (χ1n) is 5.24. The fraction of sp³-hybridized carbons (Fsp3) is 0. The number of carboxylic acids is 1. The quantitative estimate of drug-likeness (QED) is 0.898. The lowest BCUT2D eigenvalue weighted by Gasteiger charge is -2.06. The Bertz CT molecular complexity index is 685. The van der Waals surface area contributed by atoms with Gasteiger partial charge in [0.2, 0.25) is 0 Å². The maximum atomic E-state index is 12.0. The van der Waals surface area contributed by atoms with Crippen molar-refractivity contribution in [3.63, 3.8) is 0 Å². The first-order valence-corrected chi connectivity index (χ1v) is 6.12. The van der Waals surface area contributed by atoms with Gasteiger partial charge in [-0.1, -0.05) is 12.1 Å². The van der Waals surface area contributed by atoms with Gasteiger partial charge in [0.25, 0.3) is 5.91 Å². The number of anilines is 1. The summed E-state index contributed by atoms with van der Waals surface area (Å²) in [5.74, 6) is -1.71. The first-order chi connectivity index (χ1) is 9.13. The maximum absolute atomic E-state index is 12.0. The molecule has 0 atom stereocenters. The third-order valence-corrected chi connectivity index (χ3v) is 3.24. The van der Waals surface area contributed by atoms with E-state index in [4.69, 9.17) is 10.4 Å². The molecule has 0 spiro atoms. The van der Waals surface area contributed by atoms with Crippen LogP contribution in [0.4, 0.5) is 5.00 Å². The van der Waals surface area contributed by atoms with Crippen LogP contribution >= 0.6 is 11.3 Å². The fourth-order valence-electron chi connectivity index (χ4n) is 1.53. The third kappa shape index (κ3) is 2.61. The number of carboxylic acid groups (broad SMARTS) is 1. The Morgan fingerprint density at radius 1 is 1.21 bits per heavy atom. The molecule has 1 aromatic carbocycles. The number of nitriles is 1. The lowest BCUT2D eigenvalue weighted by Crippen LogP contribution is -2.16. The molecule has 5 nitrogen and oxygen atoms in total. The van der Waals surface area contributed by atoms with Crippen molar-refractivity contribution in [1.82, 2.24) is 0 Å². The van der Waals surface area contributed by atoms with E-state index < -0.39 is 11.9 Å². The average Bonchev–Trinajstić information content (AvgIpc) is 2.85. The number of carbonyl (C=O) groups is 2. The summed E-state index contributed by atoms with van der Waals surface area (Å²) in [6, 6.07) is 9.45. The van der Waals surface area contributed by atoms with Gasteiger partial charge in [-0.3, -0.25) is 4.79 Å². The van der Waals surface area contributed by atoms with E-state index in [1.807, 2.05) is 6.07 Å². The highest BCUT2D eigenvalue weighted by Gasteiger charge is 2.17. The predicted molar refractivity (Wildman–Crippen MR) is 70.4 cm³/mol. The van der Waals surface area contributed by atoms with E-state index in [1.165, 1.54) is 23.5 Å². The van der Waals surface area contributed by atoms with Gasteiger partial charge in [-0.05, 0) is 23.6 Å². The van der Waals surface area contributed by atoms with E-state index in [0.29, 0.717) is 10.6 Å². The van der Waals surface area contributed by atoms with Crippen LogP contribution in [-0.4, -0.2) is 17.0 Å². The number of nitrogens with one attached hydrogen (secondary N) is 1. The van der Waals surface area contributed by atoms with Gasteiger partial charge in [0, 0.05) is 0 Å². The number of hydrogen-bond acceptors (Lipinski definition) is 4. The van der Waals surface area contributed by atoms with Crippen LogP contribution in [0.2, 0.25) is 0 Å². The van der Waals surface area contributed by atoms with Gasteiger partial charge >= 0.3 is 5.97 Å². The number of carbonyl (C=O) groups excluding carboxylic acids is 1. The molecule has 0 unspecified atom stereocenters. The zero-order valence-electron chi connectivity index (χ0n) is 9.58. The molecule has 0 fully saturated rings. The molecule has 0 saturated carbocycles. The van der Waals surface area contributed by atoms with Crippen molar-refractivity contribution in [2.45, 2.75) is 0 Å². The second kappa shape index (κ2) is 5.33. The van der Waals surface area contributed by atoms with Gasteiger partial charge in [-0.2, -0.15) is 5.26 Å². The van der Waals surface area contributed by atoms with Crippen LogP contribution in [0.3, 0.4) is 0 Å². The molecule has 94 valence electrons. The summed E-state index contributed by atoms with van der Waals surface area (Å²) in [5.41, 5.74) is 0.341. The molecule has 2 aromatic rings. The molecule has 19 heavy (non-hydrogen) atoms. The van der Waals surface area contributed by atoms with Crippen molar-refractivity contribution >= 4 is 28.2 Å². The number of aromatic carboxylic acids is 1. The normalized spacial score (nSPS) is 9.63. The van der Waals surface area contributed by atoms with E-state index >= 15 is 0 Å². The van der Waals surface area contributed by atoms with Crippen LogP contribution in [0.15, 0.2) is 35.7 Å². The van der Waals surface area contributed by atoms with Crippen molar-refractivity contribution in [1.29, 1.82) is 5.26 Å². The molecular formula is C13H8N2O3S. The van der Waals surface area contributed by atoms with E-state index in [1.54, 1.807) is 23.6 Å². The van der Waals surface area contributed by atoms with Gasteiger partial charge in [0.15, 0.2) is 0 Å². The molecule has 0 saturated heterocycles. The fourth-order valence-corrected chi connectivity index (χ4v) is 2.26. The number of amides is 1. The summed E-state index contributed by atoms with van der Waals surface area (Å²) in [7, 11) is 0. The Kier molecular flexibility index (Phi) is 3.59. The van der Waals surface area contributed by atoms with E-state index in [9.17, 15) is 9.59 Å². The molecule has 1 amide bonds. The molecule has 0 radical (unpaired) electrons. The van der Waals surface area contributed by atoms with Crippen LogP contribution in [0.5, 0.6) is 0 Å². The van der Waals surface area contributed by atoms with Gasteiger partial charge in [-0.15, -0.1) is 11.3 Å². The van der Waals surface area contributed by atoms with Gasteiger partial charge in [0.05, 0.1) is 16.7 Å². The smallest absolute Gasteiger partial charge is 0.336 e. The molecule has 0 aliphatic heterocycles. The number of nitrogens with zero attached hydrogens (tertiary/aromatic N) is 1. The topological polar surface area (TPSA) is 90.2 Å².